The van der Waals surface area contributed by atoms with Crippen LogP contribution in [0.3, 0.4) is 0 Å². The van der Waals surface area contributed by atoms with E-state index < -0.39 is 53.3 Å². The van der Waals surface area contributed by atoms with E-state index in [0.29, 0.717) is 16.5 Å². The Morgan fingerprint density at radius 1 is 1.19 bits per heavy atom. The molecule has 1 N–H and O–H groups in total. The second-order valence-electron chi connectivity index (χ2n) is 10.3. The monoisotopic (exact) mass is 601 g/mol. The summed E-state index contributed by atoms with van der Waals surface area (Å²) in [6, 6.07) is -0.935. The lowest BCUT2D eigenvalue weighted by Gasteiger charge is -2.19. The van der Waals surface area contributed by atoms with Gasteiger partial charge in [-0.15, -0.1) is 11.3 Å². The third-order valence-corrected chi connectivity index (χ3v) is 8.51. The topological polar surface area (TPSA) is 159 Å². The van der Waals surface area contributed by atoms with E-state index in [9.17, 15) is 28.0 Å². The smallest absolute Gasteiger partial charge is 0.332 e. The van der Waals surface area contributed by atoms with Gasteiger partial charge in [-0.05, 0) is 6.92 Å². The summed E-state index contributed by atoms with van der Waals surface area (Å²) in [5.74, 6) is -4.17. The highest BCUT2D eigenvalue weighted by Gasteiger charge is 2.72. The minimum atomic E-state index is -2.58. The van der Waals surface area contributed by atoms with E-state index in [4.69, 9.17) is 4.74 Å². The van der Waals surface area contributed by atoms with Crippen LogP contribution in [-0.2, 0) is 27.9 Å². The number of methoxy groups -OCH3 is 1. The van der Waals surface area contributed by atoms with Crippen molar-refractivity contribution < 1.29 is 23.1 Å². The first-order valence-electron chi connectivity index (χ1n) is 12.9. The molecular formula is C25H25F2N9O5S. The Bertz CT molecular complexity index is 1820. The normalized spacial score (nSPS) is 19.6. The number of alkyl halides is 2. The standard InChI is InChI=1S/C25H25F2N9O5S/c1-12(36-11-30-19-18(36)22(39)35(24(40)33(19)2)6-14(37)9-41-3)20(38)31-17-10-42-21(32-17)13-4-28-23(29-5-13)34-7-15-16(8-34)25(15,26)27/h4-5,10-12,15-16H,6-9H2,1-3H3,(H,31,38)/t12-,15?,16?/m0/s1. The Morgan fingerprint density at radius 2 is 1.88 bits per heavy atom. The number of carbonyl (C=O) groups is 2. The second-order valence-corrected chi connectivity index (χ2v) is 11.2. The van der Waals surface area contributed by atoms with E-state index in [0.717, 1.165) is 9.13 Å². The molecule has 1 amide bonds. The van der Waals surface area contributed by atoms with Gasteiger partial charge in [-0.3, -0.25) is 23.5 Å². The number of hydrogen-bond acceptors (Lipinski definition) is 11. The lowest BCUT2D eigenvalue weighted by atomic mass is 10.3. The molecule has 5 heterocycles. The molecule has 0 spiro atoms. The van der Waals surface area contributed by atoms with Crippen molar-refractivity contribution in [2.45, 2.75) is 25.4 Å². The lowest BCUT2D eigenvalue weighted by molar-refractivity contribution is -0.123. The van der Waals surface area contributed by atoms with Crippen LogP contribution in [0.25, 0.3) is 21.7 Å². The van der Waals surface area contributed by atoms with Crippen molar-refractivity contribution in [3.8, 4) is 10.6 Å². The number of fused-ring (bicyclic) bond motifs is 2. The molecule has 0 aromatic carbocycles. The van der Waals surface area contributed by atoms with Gasteiger partial charge in [0.15, 0.2) is 16.9 Å². The lowest BCUT2D eigenvalue weighted by Crippen LogP contribution is -2.42. The number of halogens is 2. The fourth-order valence-corrected chi connectivity index (χ4v) is 5.92. The number of amides is 1. The second kappa shape index (κ2) is 10.2. The van der Waals surface area contributed by atoms with E-state index in [1.807, 2.05) is 0 Å². The number of thiazole rings is 1. The molecule has 4 aromatic heterocycles. The van der Waals surface area contributed by atoms with Crippen molar-refractivity contribution >= 4 is 46.0 Å². The number of nitrogens with one attached hydrogen (secondary N) is 1. The third kappa shape index (κ3) is 4.57. The maximum atomic E-state index is 13.5. The largest absolute Gasteiger partial charge is 0.377 e. The van der Waals surface area contributed by atoms with Crippen LogP contribution in [0.5, 0.6) is 0 Å². The molecule has 1 saturated carbocycles. The fourth-order valence-electron chi connectivity index (χ4n) is 5.19. The van der Waals surface area contributed by atoms with Gasteiger partial charge in [0.25, 0.3) is 11.5 Å². The summed E-state index contributed by atoms with van der Waals surface area (Å²) >= 11 is 1.25. The fraction of sp³-hybridized carbons (Fsp3) is 0.440. The maximum Gasteiger partial charge on any atom is 0.332 e. The van der Waals surface area contributed by atoms with Crippen LogP contribution in [-0.4, -0.2) is 78.1 Å². The molecule has 4 aromatic rings. The number of ketones is 1. The Balaban J connectivity index is 1.17. The minimum Gasteiger partial charge on any atom is -0.377 e. The van der Waals surface area contributed by atoms with Crippen LogP contribution in [0, 0.1) is 11.8 Å². The number of carbonyl (C=O) groups excluding carboxylic acids is 2. The number of aromatic nitrogens is 7. The third-order valence-electron chi connectivity index (χ3n) is 7.62. The zero-order valence-corrected chi connectivity index (χ0v) is 23.5. The molecule has 6 rings (SSSR count). The van der Waals surface area contributed by atoms with E-state index in [-0.39, 0.29) is 36.7 Å². The molecular weight excluding hydrogens is 576 g/mol. The summed E-state index contributed by atoms with van der Waals surface area (Å²) in [5.41, 5.74) is -0.824. The summed E-state index contributed by atoms with van der Waals surface area (Å²) in [7, 11) is 2.75. The van der Waals surface area contributed by atoms with Crippen molar-refractivity contribution in [2.75, 3.05) is 37.0 Å². The van der Waals surface area contributed by atoms with Crippen molar-refractivity contribution in [1.82, 2.24) is 33.6 Å². The van der Waals surface area contributed by atoms with Crippen LogP contribution >= 0.6 is 11.3 Å². The van der Waals surface area contributed by atoms with Gasteiger partial charge in [0.1, 0.15) is 23.5 Å². The number of imidazole rings is 1. The Labute approximate surface area is 239 Å². The Kier molecular flexibility index (Phi) is 6.72. The first kappa shape index (κ1) is 27.8. The summed E-state index contributed by atoms with van der Waals surface area (Å²) in [5, 5.41) is 4.88. The highest BCUT2D eigenvalue weighted by atomic mass is 32.1. The van der Waals surface area contributed by atoms with Crippen LogP contribution in [0.15, 0.2) is 33.7 Å². The molecule has 42 heavy (non-hydrogen) atoms. The van der Waals surface area contributed by atoms with Crippen LogP contribution in [0.2, 0.25) is 0 Å². The average molecular weight is 602 g/mol. The maximum absolute atomic E-state index is 13.5. The molecule has 2 unspecified atom stereocenters. The van der Waals surface area contributed by atoms with Gasteiger partial charge in [0.05, 0.1) is 24.7 Å². The molecule has 14 nitrogen and oxygen atoms in total. The highest BCUT2D eigenvalue weighted by Crippen LogP contribution is 2.59. The molecule has 1 aliphatic carbocycles. The minimum absolute atomic E-state index is 0.0137. The van der Waals surface area contributed by atoms with Crippen LogP contribution in [0.4, 0.5) is 20.5 Å². The molecule has 220 valence electrons. The number of nitrogens with zero attached hydrogens (tertiary/aromatic N) is 8. The van der Waals surface area contributed by atoms with E-state index >= 15 is 0 Å². The molecule has 2 fully saturated rings. The van der Waals surface area contributed by atoms with Crippen molar-refractivity contribution in [3.05, 3.63) is 44.9 Å². The quantitative estimate of drug-likeness (QED) is 0.292. The number of anilines is 2. The molecule has 0 radical (unpaired) electrons. The Morgan fingerprint density at radius 3 is 2.55 bits per heavy atom. The Hall–Kier alpha value is -4.38. The summed E-state index contributed by atoms with van der Waals surface area (Å²) in [4.78, 5) is 70.1. The zero-order valence-electron chi connectivity index (χ0n) is 22.7. The van der Waals surface area contributed by atoms with Crippen LogP contribution in [0.1, 0.15) is 13.0 Å². The van der Waals surface area contributed by atoms with Crippen molar-refractivity contribution in [1.29, 1.82) is 0 Å². The molecule has 17 heteroatoms. The summed E-state index contributed by atoms with van der Waals surface area (Å²) in [6.07, 6.45) is 4.40. The van der Waals surface area contributed by atoms with Gasteiger partial charge < -0.3 is 19.5 Å². The van der Waals surface area contributed by atoms with Crippen LogP contribution < -0.4 is 21.5 Å². The summed E-state index contributed by atoms with van der Waals surface area (Å²) in [6.45, 7) is 1.26. The van der Waals surface area contributed by atoms with E-state index in [2.05, 4.69) is 25.3 Å². The number of rotatable bonds is 9. The van der Waals surface area contributed by atoms with Gasteiger partial charge in [-0.25, -0.2) is 33.5 Å². The SMILES string of the molecule is COCC(=O)Cn1c(=O)c2c(ncn2[C@@H](C)C(=O)Nc2csc(-c3cnc(N4CC5C(C4)C5(F)F)nc3)n2)n(C)c1=O. The molecule has 3 atom stereocenters. The average Bonchev–Trinajstić information content (AvgIpc) is 3.55. The van der Waals surface area contributed by atoms with E-state index in [1.165, 1.54) is 36.4 Å². The zero-order chi connectivity index (χ0) is 29.9. The molecule has 2 aliphatic rings. The van der Waals surface area contributed by atoms with Gasteiger partial charge in [-0.1, -0.05) is 0 Å². The molecule has 1 aliphatic heterocycles. The number of Topliss-reactive ketones (excluding diaryl/α,β-unsaturated/α-hetero) is 1. The van der Waals surface area contributed by atoms with Gasteiger partial charge in [0, 0.05) is 50.6 Å². The van der Waals surface area contributed by atoms with Crippen molar-refractivity contribution in [3.63, 3.8) is 0 Å². The highest BCUT2D eigenvalue weighted by molar-refractivity contribution is 7.13. The predicted octanol–water partition coefficient (Wildman–Crippen LogP) is 0.927. The molecule has 0 bridgehead atoms. The number of hydrogen-bond donors (Lipinski definition) is 1. The molecule has 1 saturated heterocycles. The number of aryl methyl sites for hydroxylation is 1. The van der Waals surface area contributed by atoms with Gasteiger partial charge >= 0.3 is 5.69 Å². The van der Waals surface area contributed by atoms with E-state index in [1.54, 1.807) is 29.6 Å². The number of piperidine rings is 1. The predicted molar refractivity (Wildman–Crippen MR) is 147 cm³/mol. The summed E-state index contributed by atoms with van der Waals surface area (Å²) < 4.78 is 35.0. The first-order chi connectivity index (χ1) is 20.0. The first-order valence-corrected chi connectivity index (χ1v) is 13.8. The van der Waals surface area contributed by atoms with Gasteiger partial charge in [0.2, 0.25) is 11.9 Å². The van der Waals surface area contributed by atoms with Crippen molar-refractivity contribution in [2.24, 2.45) is 18.9 Å². The number of ether oxygens (including phenoxy) is 1. The van der Waals surface area contributed by atoms with Gasteiger partial charge in [-0.2, -0.15) is 0 Å².